The Morgan fingerprint density at radius 2 is 2.31 bits per heavy atom. The van der Waals surface area contributed by atoms with Gasteiger partial charge in [-0.3, -0.25) is 0 Å². The fourth-order valence-corrected chi connectivity index (χ4v) is 2.01. The van der Waals surface area contributed by atoms with Crippen LogP contribution in [0.4, 0.5) is 0 Å². The summed E-state index contributed by atoms with van der Waals surface area (Å²) in [5, 5.41) is 8.57. The highest BCUT2D eigenvalue weighted by molar-refractivity contribution is 6.29. The van der Waals surface area contributed by atoms with Crippen LogP contribution in [0, 0.1) is 0 Å². The van der Waals surface area contributed by atoms with Gasteiger partial charge < -0.3 is 9.53 Å². The van der Waals surface area contributed by atoms with Gasteiger partial charge in [-0.1, -0.05) is 13.0 Å². The van der Waals surface area contributed by atoms with Crippen LogP contribution in [0.1, 0.15) is 26.7 Å². The Morgan fingerprint density at radius 3 is 2.77 bits per heavy atom. The first-order valence-corrected chi connectivity index (χ1v) is 5.86. The van der Waals surface area contributed by atoms with Crippen molar-refractivity contribution in [2.75, 3.05) is 7.11 Å². The monoisotopic (exact) mass is 202 g/mol. The second kappa shape index (κ2) is 6.86. The van der Waals surface area contributed by atoms with Crippen molar-refractivity contribution < 1.29 is 14.3 Å². The maximum atomic E-state index is 10.4. The summed E-state index contributed by atoms with van der Waals surface area (Å²) in [5.74, 6) is -0.823. The third kappa shape index (κ3) is 6.54. The van der Waals surface area contributed by atoms with Gasteiger partial charge in [-0.25, -0.2) is 4.79 Å². The molecule has 0 aromatic carbocycles. The lowest BCUT2D eigenvalue weighted by Crippen LogP contribution is -2.02. The Morgan fingerprint density at radius 1 is 1.69 bits per heavy atom. The normalized spacial score (nSPS) is 15.2. The fourth-order valence-electron chi connectivity index (χ4n) is 1.04. The van der Waals surface area contributed by atoms with Crippen molar-refractivity contribution in [1.29, 1.82) is 0 Å². The molecule has 1 N–H and O–H groups in total. The van der Waals surface area contributed by atoms with Crippen molar-refractivity contribution in [2.24, 2.45) is 0 Å². The SMILES string of the molecule is CO[SiH2]C(C)CCC=C(C)C(=O)O. The van der Waals surface area contributed by atoms with Gasteiger partial charge in [0.1, 0.15) is 0 Å². The van der Waals surface area contributed by atoms with E-state index in [2.05, 4.69) is 6.92 Å². The van der Waals surface area contributed by atoms with E-state index in [0.29, 0.717) is 11.1 Å². The molecule has 3 nitrogen and oxygen atoms in total. The number of hydrogen-bond donors (Lipinski definition) is 1. The standard InChI is InChI=1S/C9H18O3Si/c1-7(9(10)11)5-4-6-8(2)13-12-3/h5,8H,4,6,13H2,1-3H3,(H,10,11). The van der Waals surface area contributed by atoms with Gasteiger partial charge in [-0.05, 0) is 25.3 Å². The second-order valence-electron chi connectivity index (χ2n) is 3.33. The molecule has 0 rings (SSSR count). The van der Waals surface area contributed by atoms with Crippen LogP contribution < -0.4 is 0 Å². The average molecular weight is 202 g/mol. The van der Waals surface area contributed by atoms with Crippen LogP contribution in [0.2, 0.25) is 5.54 Å². The third-order valence-corrected chi connectivity index (χ3v) is 3.21. The smallest absolute Gasteiger partial charge is 0.330 e. The highest BCUT2D eigenvalue weighted by Crippen LogP contribution is 2.11. The van der Waals surface area contributed by atoms with E-state index in [1.807, 2.05) is 0 Å². The lowest BCUT2D eigenvalue weighted by atomic mass is 10.2. The van der Waals surface area contributed by atoms with E-state index in [1.165, 1.54) is 0 Å². The molecule has 0 radical (unpaired) electrons. The molecule has 0 fully saturated rings. The third-order valence-electron chi connectivity index (χ3n) is 1.90. The molecule has 0 bridgehead atoms. The minimum atomic E-state index is -0.823. The van der Waals surface area contributed by atoms with Crippen molar-refractivity contribution in [3.8, 4) is 0 Å². The number of carboxylic acid groups (broad SMARTS) is 1. The van der Waals surface area contributed by atoms with Crippen LogP contribution in [-0.4, -0.2) is 27.9 Å². The van der Waals surface area contributed by atoms with Crippen LogP contribution in [0.25, 0.3) is 0 Å². The molecule has 0 aromatic rings. The van der Waals surface area contributed by atoms with E-state index < -0.39 is 15.7 Å². The highest BCUT2D eigenvalue weighted by atomic mass is 28.2. The fraction of sp³-hybridized carbons (Fsp3) is 0.667. The molecule has 0 saturated carbocycles. The minimum absolute atomic E-state index is 0.395. The number of carbonyl (C=O) groups is 1. The topological polar surface area (TPSA) is 46.5 Å². The van der Waals surface area contributed by atoms with Crippen molar-refractivity contribution in [2.45, 2.75) is 32.2 Å². The first kappa shape index (κ1) is 12.4. The van der Waals surface area contributed by atoms with Gasteiger partial charge in [0.05, 0.1) is 0 Å². The average Bonchev–Trinajstić information content (AvgIpc) is 2.04. The Kier molecular flexibility index (Phi) is 6.53. The maximum absolute atomic E-state index is 10.4. The van der Waals surface area contributed by atoms with Gasteiger partial charge in [-0.15, -0.1) is 0 Å². The van der Waals surface area contributed by atoms with Crippen LogP contribution in [0.15, 0.2) is 11.6 Å². The minimum Gasteiger partial charge on any atom is -0.478 e. The summed E-state index contributed by atoms with van der Waals surface area (Å²) >= 11 is 0. The molecule has 0 amide bonds. The zero-order valence-corrected chi connectivity index (χ0v) is 9.95. The Hall–Kier alpha value is -0.613. The van der Waals surface area contributed by atoms with Crippen molar-refractivity contribution in [3.63, 3.8) is 0 Å². The summed E-state index contributed by atoms with van der Waals surface area (Å²) in [7, 11) is 1.34. The van der Waals surface area contributed by atoms with Gasteiger partial charge in [0.15, 0.2) is 9.76 Å². The largest absolute Gasteiger partial charge is 0.478 e. The summed E-state index contributed by atoms with van der Waals surface area (Å²) in [6.45, 7) is 3.78. The zero-order valence-electron chi connectivity index (χ0n) is 8.54. The summed E-state index contributed by atoms with van der Waals surface area (Å²) in [4.78, 5) is 10.4. The first-order chi connectivity index (χ1) is 6.07. The van der Waals surface area contributed by atoms with Crippen molar-refractivity contribution in [1.82, 2.24) is 0 Å². The molecule has 76 valence electrons. The van der Waals surface area contributed by atoms with Gasteiger partial charge in [0.2, 0.25) is 0 Å². The summed E-state index contributed by atoms with van der Waals surface area (Å²) in [6, 6.07) is 0. The quantitative estimate of drug-likeness (QED) is 0.522. The predicted molar refractivity (Wildman–Crippen MR) is 55.6 cm³/mol. The Labute approximate surface area is 81.7 Å². The number of aliphatic carboxylic acids is 1. The molecule has 0 heterocycles. The van der Waals surface area contributed by atoms with Crippen molar-refractivity contribution >= 4 is 15.7 Å². The molecule has 0 aliphatic rings. The van der Waals surface area contributed by atoms with E-state index >= 15 is 0 Å². The number of allylic oxidation sites excluding steroid dienone is 1. The first-order valence-electron chi connectivity index (χ1n) is 4.47. The molecular formula is C9H18O3Si. The van der Waals surface area contributed by atoms with Crippen molar-refractivity contribution in [3.05, 3.63) is 11.6 Å². The Balaban J connectivity index is 3.65. The van der Waals surface area contributed by atoms with E-state index in [-0.39, 0.29) is 0 Å². The van der Waals surface area contributed by atoms with Crippen LogP contribution in [0.5, 0.6) is 0 Å². The molecule has 0 saturated heterocycles. The summed E-state index contributed by atoms with van der Waals surface area (Å²) in [6.07, 6.45) is 3.66. The van der Waals surface area contributed by atoms with Gasteiger partial charge in [0, 0.05) is 12.7 Å². The summed E-state index contributed by atoms with van der Waals surface area (Å²) in [5.41, 5.74) is 1.06. The lowest BCUT2D eigenvalue weighted by molar-refractivity contribution is -0.132. The van der Waals surface area contributed by atoms with Gasteiger partial charge in [0.25, 0.3) is 0 Å². The molecular weight excluding hydrogens is 184 g/mol. The van der Waals surface area contributed by atoms with Crippen LogP contribution >= 0.6 is 0 Å². The Bertz CT molecular complexity index is 189. The molecule has 4 heteroatoms. The number of rotatable bonds is 6. The van der Waals surface area contributed by atoms with Gasteiger partial charge >= 0.3 is 5.97 Å². The van der Waals surface area contributed by atoms with E-state index in [4.69, 9.17) is 9.53 Å². The van der Waals surface area contributed by atoms with E-state index in [1.54, 1.807) is 20.1 Å². The van der Waals surface area contributed by atoms with E-state index in [0.717, 1.165) is 12.8 Å². The van der Waals surface area contributed by atoms with E-state index in [9.17, 15) is 4.79 Å². The lowest BCUT2D eigenvalue weighted by Gasteiger charge is -2.06. The molecule has 13 heavy (non-hydrogen) atoms. The molecule has 0 aliphatic heterocycles. The molecule has 1 unspecified atom stereocenters. The molecule has 0 spiro atoms. The molecule has 0 aromatic heterocycles. The predicted octanol–water partition coefficient (Wildman–Crippen LogP) is 1.34. The molecule has 1 atom stereocenters. The van der Waals surface area contributed by atoms with Crippen LogP contribution in [-0.2, 0) is 9.22 Å². The summed E-state index contributed by atoms with van der Waals surface area (Å²) < 4.78 is 5.11. The highest BCUT2D eigenvalue weighted by Gasteiger charge is 2.02. The number of carboxylic acids is 1. The van der Waals surface area contributed by atoms with Gasteiger partial charge in [-0.2, -0.15) is 0 Å². The zero-order chi connectivity index (χ0) is 10.3. The molecule has 0 aliphatic carbocycles. The van der Waals surface area contributed by atoms with Crippen LogP contribution in [0.3, 0.4) is 0 Å². The second-order valence-corrected chi connectivity index (χ2v) is 5.63. The maximum Gasteiger partial charge on any atom is 0.330 e. The number of hydrogen-bond acceptors (Lipinski definition) is 2.